The summed E-state index contributed by atoms with van der Waals surface area (Å²) in [7, 11) is 0. The molecule has 1 heterocycles. The van der Waals surface area contributed by atoms with Crippen molar-refractivity contribution in [3.8, 4) is 0 Å². The number of nitrogens with one attached hydrogen (secondary N) is 2. The molecule has 1 aliphatic rings. The summed E-state index contributed by atoms with van der Waals surface area (Å²) in [6.07, 6.45) is 5.05. The summed E-state index contributed by atoms with van der Waals surface area (Å²) in [5.41, 5.74) is 8.03. The van der Waals surface area contributed by atoms with Crippen molar-refractivity contribution in [2.45, 2.75) is 45.1 Å². The molecular weight excluding hydrogens is 270 g/mol. The molecular formula is C15H23N3OS. The van der Waals surface area contributed by atoms with Crippen LogP contribution >= 0.6 is 11.3 Å². The van der Waals surface area contributed by atoms with E-state index >= 15 is 0 Å². The summed E-state index contributed by atoms with van der Waals surface area (Å²) in [5.74, 6) is 0.422. The first-order valence-corrected chi connectivity index (χ1v) is 7.97. The molecule has 4 N–H and O–H groups in total. The van der Waals surface area contributed by atoms with Gasteiger partial charge in [-0.3, -0.25) is 4.79 Å². The van der Waals surface area contributed by atoms with Crippen molar-refractivity contribution >= 4 is 27.9 Å². The summed E-state index contributed by atoms with van der Waals surface area (Å²) in [6.45, 7) is 8.35. The van der Waals surface area contributed by atoms with Gasteiger partial charge in [0.15, 0.2) is 0 Å². The molecule has 0 aliphatic heterocycles. The molecule has 1 unspecified atom stereocenters. The van der Waals surface area contributed by atoms with Crippen LogP contribution in [0.5, 0.6) is 0 Å². The lowest BCUT2D eigenvalue weighted by atomic mass is 10.1. The minimum Gasteiger partial charge on any atom is -0.397 e. The van der Waals surface area contributed by atoms with Crippen LogP contribution in [-0.2, 0) is 0 Å². The van der Waals surface area contributed by atoms with Crippen LogP contribution in [0.15, 0.2) is 12.7 Å². The number of nitrogens with two attached hydrogens (primary N) is 1. The molecule has 1 aromatic heterocycles. The molecule has 1 aliphatic carbocycles. The van der Waals surface area contributed by atoms with Gasteiger partial charge >= 0.3 is 0 Å². The van der Waals surface area contributed by atoms with Gasteiger partial charge in [-0.05, 0) is 32.1 Å². The van der Waals surface area contributed by atoms with E-state index in [1.165, 1.54) is 24.2 Å². The predicted octanol–water partition coefficient (Wildman–Crippen LogP) is 3.33. The average Bonchev–Trinajstić information content (AvgIpc) is 3.21. The fourth-order valence-electron chi connectivity index (χ4n) is 2.08. The van der Waals surface area contributed by atoms with Gasteiger partial charge in [-0.25, -0.2) is 0 Å². The van der Waals surface area contributed by atoms with Gasteiger partial charge in [0.2, 0.25) is 0 Å². The van der Waals surface area contributed by atoms with Gasteiger partial charge in [0.1, 0.15) is 4.88 Å². The Morgan fingerprint density at radius 3 is 2.85 bits per heavy atom. The number of thiophene rings is 1. The maximum atomic E-state index is 12.1. The lowest BCUT2D eigenvalue weighted by molar-refractivity contribution is 0.0963. The number of nitrogen functional groups attached to an aromatic ring is 1. The third-order valence-electron chi connectivity index (χ3n) is 3.57. The van der Waals surface area contributed by atoms with E-state index in [1.54, 1.807) is 6.08 Å². The van der Waals surface area contributed by atoms with Gasteiger partial charge in [0, 0.05) is 18.2 Å². The van der Waals surface area contributed by atoms with Crippen molar-refractivity contribution in [2.75, 3.05) is 17.6 Å². The van der Waals surface area contributed by atoms with Crippen LogP contribution in [0, 0.1) is 0 Å². The minimum absolute atomic E-state index is 0.105. The third kappa shape index (κ3) is 3.15. The molecule has 110 valence electrons. The summed E-state index contributed by atoms with van der Waals surface area (Å²) in [4.78, 5) is 12.8. The van der Waals surface area contributed by atoms with Gasteiger partial charge in [-0.15, -0.1) is 17.9 Å². The quantitative estimate of drug-likeness (QED) is 0.675. The van der Waals surface area contributed by atoms with Crippen molar-refractivity contribution in [3.63, 3.8) is 0 Å². The standard InChI is InChI=1S/C15H23N3OS/c1-4-8-17-14(19)13-12(16)11(10-6-7-10)15(20-13)18-9(3)5-2/h4,9-10,18H,1,5-8,16H2,2-3H3,(H,17,19). The number of carbonyl (C=O) groups excluding carboxylic acids is 1. The van der Waals surface area contributed by atoms with Gasteiger partial charge in [0.25, 0.3) is 5.91 Å². The lowest BCUT2D eigenvalue weighted by Crippen LogP contribution is -2.23. The molecule has 5 heteroatoms. The minimum atomic E-state index is -0.105. The number of hydrogen-bond acceptors (Lipinski definition) is 4. The Balaban J connectivity index is 2.27. The Morgan fingerprint density at radius 2 is 2.30 bits per heavy atom. The molecule has 1 fully saturated rings. The number of amides is 1. The van der Waals surface area contributed by atoms with Gasteiger partial charge < -0.3 is 16.4 Å². The highest BCUT2D eigenvalue weighted by molar-refractivity contribution is 7.18. The monoisotopic (exact) mass is 293 g/mol. The second-order valence-corrected chi connectivity index (χ2v) is 6.33. The maximum absolute atomic E-state index is 12.1. The number of rotatable bonds is 7. The highest BCUT2D eigenvalue weighted by Gasteiger charge is 2.33. The smallest absolute Gasteiger partial charge is 0.263 e. The highest BCUT2D eigenvalue weighted by Crippen LogP contribution is 2.51. The summed E-state index contributed by atoms with van der Waals surface area (Å²) in [6, 6.07) is 0.384. The molecule has 0 bridgehead atoms. The fraction of sp³-hybridized carbons (Fsp3) is 0.533. The van der Waals surface area contributed by atoms with E-state index in [4.69, 9.17) is 5.73 Å². The Kier molecular flexibility index (Phi) is 4.70. The van der Waals surface area contributed by atoms with Crippen molar-refractivity contribution < 1.29 is 4.79 Å². The molecule has 20 heavy (non-hydrogen) atoms. The van der Waals surface area contributed by atoms with Crippen LogP contribution < -0.4 is 16.4 Å². The van der Waals surface area contributed by atoms with Crippen molar-refractivity contribution in [3.05, 3.63) is 23.1 Å². The number of carbonyl (C=O) groups is 1. The predicted molar refractivity (Wildman–Crippen MR) is 86.6 cm³/mol. The second-order valence-electron chi connectivity index (χ2n) is 5.31. The van der Waals surface area contributed by atoms with Crippen LogP contribution in [-0.4, -0.2) is 18.5 Å². The Hall–Kier alpha value is -1.49. The van der Waals surface area contributed by atoms with E-state index in [0.717, 1.165) is 17.0 Å². The largest absolute Gasteiger partial charge is 0.397 e. The Labute approximate surface area is 124 Å². The normalized spacial score (nSPS) is 15.7. The molecule has 0 spiro atoms. The van der Waals surface area contributed by atoms with Crippen LogP contribution in [0.25, 0.3) is 0 Å². The zero-order valence-corrected chi connectivity index (χ0v) is 13.0. The molecule has 0 aromatic carbocycles. The van der Waals surface area contributed by atoms with E-state index < -0.39 is 0 Å². The van der Waals surface area contributed by atoms with Crippen LogP contribution in [0.2, 0.25) is 0 Å². The zero-order chi connectivity index (χ0) is 14.7. The Morgan fingerprint density at radius 1 is 1.60 bits per heavy atom. The summed E-state index contributed by atoms with van der Waals surface area (Å²) < 4.78 is 0. The summed E-state index contributed by atoms with van der Waals surface area (Å²) >= 11 is 1.47. The Bertz CT molecular complexity index is 505. The molecule has 1 aromatic rings. The van der Waals surface area contributed by atoms with Crippen LogP contribution in [0.4, 0.5) is 10.7 Å². The maximum Gasteiger partial charge on any atom is 0.263 e. The topological polar surface area (TPSA) is 67.2 Å². The van der Waals surface area contributed by atoms with Gasteiger partial charge in [-0.2, -0.15) is 0 Å². The molecule has 0 radical (unpaired) electrons. The van der Waals surface area contributed by atoms with Crippen molar-refractivity contribution in [2.24, 2.45) is 0 Å². The van der Waals surface area contributed by atoms with Crippen molar-refractivity contribution in [1.29, 1.82) is 0 Å². The van der Waals surface area contributed by atoms with Crippen LogP contribution in [0.3, 0.4) is 0 Å². The SMILES string of the molecule is C=CCNC(=O)c1sc(NC(C)CC)c(C2CC2)c1N. The van der Waals surface area contributed by atoms with E-state index in [0.29, 0.717) is 29.1 Å². The summed E-state index contributed by atoms with van der Waals surface area (Å²) in [5, 5.41) is 7.37. The molecule has 4 nitrogen and oxygen atoms in total. The zero-order valence-electron chi connectivity index (χ0n) is 12.2. The highest BCUT2D eigenvalue weighted by atomic mass is 32.1. The van der Waals surface area contributed by atoms with E-state index in [-0.39, 0.29) is 5.91 Å². The van der Waals surface area contributed by atoms with Crippen LogP contribution in [0.1, 0.15) is 54.3 Å². The van der Waals surface area contributed by atoms with Crippen molar-refractivity contribution in [1.82, 2.24) is 5.32 Å². The first kappa shape index (κ1) is 14.9. The van der Waals surface area contributed by atoms with Gasteiger partial charge in [-0.1, -0.05) is 13.0 Å². The average molecular weight is 293 g/mol. The number of hydrogen-bond donors (Lipinski definition) is 3. The second kappa shape index (κ2) is 6.31. The van der Waals surface area contributed by atoms with E-state index in [9.17, 15) is 4.79 Å². The van der Waals surface area contributed by atoms with E-state index in [1.807, 2.05) is 0 Å². The molecule has 0 saturated heterocycles. The third-order valence-corrected chi connectivity index (χ3v) is 4.72. The van der Waals surface area contributed by atoms with Gasteiger partial charge in [0.05, 0.1) is 10.7 Å². The first-order chi connectivity index (χ1) is 9.58. The lowest BCUT2D eigenvalue weighted by Gasteiger charge is -2.13. The molecule has 2 rings (SSSR count). The fourth-order valence-corrected chi connectivity index (χ4v) is 3.32. The molecule has 1 amide bonds. The number of anilines is 2. The molecule has 1 atom stereocenters. The van der Waals surface area contributed by atoms with E-state index in [2.05, 4.69) is 31.1 Å². The first-order valence-electron chi connectivity index (χ1n) is 7.16. The molecule has 1 saturated carbocycles.